The molecule has 5 N–H and O–H groups in total. The van der Waals surface area contributed by atoms with Crippen molar-refractivity contribution in [2.24, 2.45) is 11.1 Å². The molecule has 1 aromatic carbocycles. The molecule has 0 bridgehead atoms. The van der Waals surface area contributed by atoms with Gasteiger partial charge >= 0.3 is 0 Å². The summed E-state index contributed by atoms with van der Waals surface area (Å²) in [5, 5.41) is 22.0. The number of carbonyl (C=O) groups is 1. The zero-order valence-electron chi connectivity index (χ0n) is 11.4. The highest BCUT2D eigenvalue weighted by atomic mass is 16.3. The molecule has 1 aromatic rings. The van der Waals surface area contributed by atoms with E-state index in [9.17, 15) is 15.0 Å². The van der Waals surface area contributed by atoms with E-state index < -0.39 is 5.91 Å². The number of nitrogens with two attached hydrogens (primary N) is 1. The number of rotatable bonds is 6. The smallest absolute Gasteiger partial charge is 0.258 e. The summed E-state index contributed by atoms with van der Waals surface area (Å²) in [6.07, 6.45) is 1.71. The molecule has 0 spiro atoms. The SMILES string of the molecule is CCC(CC)(CN)CNC(=O)c1c(O)cccc1O. The Morgan fingerprint density at radius 3 is 2.21 bits per heavy atom. The third-order valence-electron chi connectivity index (χ3n) is 3.80. The van der Waals surface area contributed by atoms with Crippen molar-refractivity contribution in [1.82, 2.24) is 5.32 Å². The lowest BCUT2D eigenvalue weighted by Gasteiger charge is -2.30. The molecule has 0 fully saturated rings. The Balaban J connectivity index is 2.81. The van der Waals surface area contributed by atoms with Gasteiger partial charge in [-0.2, -0.15) is 0 Å². The second kappa shape index (κ2) is 6.43. The van der Waals surface area contributed by atoms with Gasteiger partial charge in [0.25, 0.3) is 5.91 Å². The lowest BCUT2D eigenvalue weighted by Crippen LogP contribution is -2.41. The van der Waals surface area contributed by atoms with E-state index in [0.29, 0.717) is 13.1 Å². The Morgan fingerprint density at radius 1 is 1.26 bits per heavy atom. The molecule has 0 aliphatic rings. The van der Waals surface area contributed by atoms with Crippen LogP contribution < -0.4 is 11.1 Å². The molecule has 0 heterocycles. The zero-order valence-corrected chi connectivity index (χ0v) is 11.4. The summed E-state index contributed by atoms with van der Waals surface area (Å²) in [6.45, 7) is 4.95. The van der Waals surface area contributed by atoms with Gasteiger partial charge in [-0.1, -0.05) is 19.9 Å². The topological polar surface area (TPSA) is 95.6 Å². The fraction of sp³-hybridized carbons (Fsp3) is 0.500. The molecule has 0 saturated heterocycles. The molecule has 1 rings (SSSR count). The van der Waals surface area contributed by atoms with Gasteiger partial charge < -0.3 is 21.3 Å². The van der Waals surface area contributed by atoms with Crippen LogP contribution in [0.25, 0.3) is 0 Å². The maximum Gasteiger partial charge on any atom is 0.258 e. The van der Waals surface area contributed by atoms with Crippen LogP contribution >= 0.6 is 0 Å². The van der Waals surface area contributed by atoms with Crippen LogP contribution in [-0.2, 0) is 0 Å². The lowest BCUT2D eigenvalue weighted by molar-refractivity contribution is 0.0922. The van der Waals surface area contributed by atoms with Crippen molar-refractivity contribution in [2.75, 3.05) is 13.1 Å². The first-order valence-electron chi connectivity index (χ1n) is 6.49. The molecule has 1 amide bonds. The number of nitrogens with one attached hydrogen (secondary N) is 1. The molecule has 0 saturated carbocycles. The summed E-state index contributed by atoms with van der Waals surface area (Å²) in [5.41, 5.74) is 5.52. The van der Waals surface area contributed by atoms with E-state index in [1.165, 1.54) is 18.2 Å². The molecule has 106 valence electrons. The fourth-order valence-corrected chi connectivity index (χ4v) is 1.98. The quantitative estimate of drug-likeness (QED) is 0.629. The van der Waals surface area contributed by atoms with Crippen LogP contribution in [-0.4, -0.2) is 29.2 Å². The minimum Gasteiger partial charge on any atom is -0.507 e. The predicted molar refractivity (Wildman–Crippen MR) is 74.2 cm³/mol. The van der Waals surface area contributed by atoms with Crippen molar-refractivity contribution < 1.29 is 15.0 Å². The van der Waals surface area contributed by atoms with Crippen LogP contribution in [0.15, 0.2) is 18.2 Å². The van der Waals surface area contributed by atoms with Crippen LogP contribution in [0.1, 0.15) is 37.0 Å². The number of benzene rings is 1. The van der Waals surface area contributed by atoms with E-state index >= 15 is 0 Å². The fourth-order valence-electron chi connectivity index (χ4n) is 1.98. The predicted octanol–water partition coefficient (Wildman–Crippen LogP) is 1.59. The molecule has 0 atom stereocenters. The minimum absolute atomic E-state index is 0.0966. The Bertz CT molecular complexity index is 414. The lowest BCUT2D eigenvalue weighted by atomic mass is 9.82. The van der Waals surface area contributed by atoms with Crippen LogP contribution in [0, 0.1) is 5.41 Å². The molecule has 0 aliphatic heterocycles. The van der Waals surface area contributed by atoms with Crippen molar-refractivity contribution in [3.63, 3.8) is 0 Å². The summed E-state index contributed by atoms with van der Waals surface area (Å²) in [4.78, 5) is 12.0. The van der Waals surface area contributed by atoms with Crippen molar-refractivity contribution >= 4 is 5.91 Å². The Hall–Kier alpha value is -1.75. The summed E-state index contributed by atoms with van der Waals surface area (Å²) in [7, 11) is 0. The van der Waals surface area contributed by atoms with E-state index in [1.807, 2.05) is 13.8 Å². The van der Waals surface area contributed by atoms with Gasteiger partial charge in [0.1, 0.15) is 17.1 Å². The normalized spacial score (nSPS) is 11.3. The Morgan fingerprint density at radius 2 is 1.79 bits per heavy atom. The number of phenolic OH excluding ortho intramolecular Hbond substituents is 2. The highest BCUT2D eigenvalue weighted by molar-refractivity contribution is 5.99. The zero-order chi connectivity index (χ0) is 14.5. The van der Waals surface area contributed by atoms with Crippen molar-refractivity contribution in [1.29, 1.82) is 0 Å². The minimum atomic E-state index is -0.490. The van der Waals surface area contributed by atoms with Gasteiger partial charge in [-0.25, -0.2) is 0 Å². The summed E-state index contributed by atoms with van der Waals surface area (Å²) in [5.74, 6) is -0.956. The molecule has 0 aromatic heterocycles. The molecule has 0 aliphatic carbocycles. The largest absolute Gasteiger partial charge is 0.507 e. The van der Waals surface area contributed by atoms with Crippen molar-refractivity contribution in [2.45, 2.75) is 26.7 Å². The average molecular weight is 266 g/mol. The van der Waals surface area contributed by atoms with Crippen LogP contribution in [0.4, 0.5) is 0 Å². The third kappa shape index (κ3) is 3.38. The molecule has 19 heavy (non-hydrogen) atoms. The third-order valence-corrected chi connectivity index (χ3v) is 3.80. The Kier molecular flexibility index (Phi) is 5.18. The number of hydrogen-bond acceptors (Lipinski definition) is 4. The van der Waals surface area contributed by atoms with E-state index in [0.717, 1.165) is 12.8 Å². The van der Waals surface area contributed by atoms with Gasteiger partial charge in [0.05, 0.1) is 0 Å². The molecule has 5 heteroatoms. The first-order valence-corrected chi connectivity index (χ1v) is 6.49. The monoisotopic (exact) mass is 266 g/mol. The van der Waals surface area contributed by atoms with Gasteiger partial charge in [-0.05, 0) is 36.9 Å². The van der Waals surface area contributed by atoms with Crippen molar-refractivity contribution in [3.05, 3.63) is 23.8 Å². The molecule has 5 nitrogen and oxygen atoms in total. The number of hydrogen-bond donors (Lipinski definition) is 4. The first-order chi connectivity index (χ1) is 8.99. The van der Waals surface area contributed by atoms with Gasteiger partial charge in [-0.15, -0.1) is 0 Å². The van der Waals surface area contributed by atoms with Gasteiger partial charge in [0.15, 0.2) is 0 Å². The first kappa shape index (κ1) is 15.3. The summed E-state index contributed by atoms with van der Waals surface area (Å²) in [6, 6.07) is 4.21. The second-order valence-electron chi connectivity index (χ2n) is 4.77. The summed E-state index contributed by atoms with van der Waals surface area (Å²) < 4.78 is 0. The van der Waals surface area contributed by atoms with Crippen LogP contribution in [0.3, 0.4) is 0 Å². The molecule has 0 radical (unpaired) electrons. The highest BCUT2D eigenvalue weighted by Crippen LogP contribution is 2.27. The number of carbonyl (C=O) groups excluding carboxylic acids is 1. The van der Waals surface area contributed by atoms with Crippen LogP contribution in [0.5, 0.6) is 11.5 Å². The van der Waals surface area contributed by atoms with E-state index in [1.54, 1.807) is 0 Å². The van der Waals surface area contributed by atoms with Crippen molar-refractivity contribution in [3.8, 4) is 11.5 Å². The summed E-state index contributed by atoms with van der Waals surface area (Å²) >= 11 is 0. The Labute approximate surface area is 113 Å². The van der Waals surface area contributed by atoms with Gasteiger partial charge in [-0.3, -0.25) is 4.79 Å². The van der Waals surface area contributed by atoms with Gasteiger partial charge in [0, 0.05) is 6.54 Å². The molecule has 0 unspecified atom stereocenters. The average Bonchev–Trinajstić information content (AvgIpc) is 2.41. The number of phenols is 2. The number of aromatic hydroxyl groups is 2. The van der Waals surface area contributed by atoms with E-state index in [-0.39, 0.29) is 22.5 Å². The highest BCUT2D eigenvalue weighted by Gasteiger charge is 2.26. The van der Waals surface area contributed by atoms with E-state index in [4.69, 9.17) is 5.73 Å². The van der Waals surface area contributed by atoms with E-state index in [2.05, 4.69) is 5.32 Å². The van der Waals surface area contributed by atoms with Crippen LogP contribution in [0.2, 0.25) is 0 Å². The maximum absolute atomic E-state index is 12.0. The number of amides is 1. The van der Waals surface area contributed by atoms with Gasteiger partial charge in [0.2, 0.25) is 0 Å². The maximum atomic E-state index is 12.0. The molecular formula is C14H22N2O3. The second-order valence-corrected chi connectivity index (χ2v) is 4.77. The molecular weight excluding hydrogens is 244 g/mol. The standard InChI is InChI=1S/C14H22N2O3/c1-3-14(4-2,8-15)9-16-13(19)12-10(17)6-5-7-11(12)18/h5-7,17-18H,3-4,8-9,15H2,1-2H3,(H,16,19).